The second-order valence-corrected chi connectivity index (χ2v) is 7.04. The van der Waals surface area contributed by atoms with Gasteiger partial charge in [0.05, 0.1) is 23.3 Å². The molecule has 1 N–H and O–H groups in total. The average molecular weight is 371 g/mol. The summed E-state index contributed by atoms with van der Waals surface area (Å²) in [6.45, 7) is 3.96. The molecule has 3 atom stereocenters. The van der Waals surface area contributed by atoms with Crippen molar-refractivity contribution in [2.45, 2.75) is 25.3 Å². The summed E-state index contributed by atoms with van der Waals surface area (Å²) in [7, 11) is 0. The molecule has 3 unspecified atom stereocenters. The first-order chi connectivity index (χ1) is 11.5. The largest absolute Gasteiger partial charge is 0.378 e. The highest BCUT2D eigenvalue weighted by molar-refractivity contribution is 6.42. The van der Waals surface area contributed by atoms with Crippen LogP contribution in [0.15, 0.2) is 18.2 Å². The lowest BCUT2D eigenvalue weighted by Crippen LogP contribution is -2.50. The van der Waals surface area contributed by atoms with Gasteiger partial charge in [0.25, 0.3) is 0 Å². The molecule has 1 saturated heterocycles. The maximum Gasteiger partial charge on any atom is 0.245 e. The molecule has 1 aliphatic heterocycles. The molecule has 1 aromatic carbocycles. The quantitative estimate of drug-likeness (QED) is 0.885. The summed E-state index contributed by atoms with van der Waals surface area (Å²) >= 11 is 12.3. The fourth-order valence-electron chi connectivity index (χ4n) is 3.08. The van der Waals surface area contributed by atoms with Crippen molar-refractivity contribution in [1.82, 2.24) is 10.2 Å². The van der Waals surface area contributed by atoms with E-state index in [0.29, 0.717) is 36.3 Å². The average Bonchev–Trinajstić information content (AvgIpc) is 3.38. The summed E-state index contributed by atoms with van der Waals surface area (Å²) in [6, 6.07) is 4.93. The van der Waals surface area contributed by atoms with Crippen LogP contribution in [0.25, 0.3) is 0 Å². The summed E-state index contributed by atoms with van der Waals surface area (Å²) in [4.78, 5) is 26.5. The monoisotopic (exact) mass is 370 g/mol. The minimum absolute atomic E-state index is 0.0652. The molecule has 7 heteroatoms. The van der Waals surface area contributed by atoms with E-state index >= 15 is 0 Å². The molecule has 5 nitrogen and oxygen atoms in total. The molecular formula is C17H20Cl2N2O3. The number of amides is 2. The number of rotatable bonds is 4. The van der Waals surface area contributed by atoms with Crippen LogP contribution in [0.3, 0.4) is 0 Å². The summed E-state index contributed by atoms with van der Waals surface area (Å²) < 4.78 is 5.24. The molecule has 2 fully saturated rings. The van der Waals surface area contributed by atoms with E-state index < -0.39 is 6.04 Å². The van der Waals surface area contributed by atoms with E-state index in [1.165, 1.54) is 0 Å². The second kappa shape index (κ2) is 7.30. The maximum absolute atomic E-state index is 12.4. The van der Waals surface area contributed by atoms with Crippen LogP contribution >= 0.6 is 23.2 Å². The highest BCUT2D eigenvalue weighted by atomic mass is 35.5. The van der Waals surface area contributed by atoms with E-state index in [1.807, 2.05) is 12.1 Å². The Kier molecular flexibility index (Phi) is 5.33. The Morgan fingerprint density at radius 1 is 1.29 bits per heavy atom. The van der Waals surface area contributed by atoms with Gasteiger partial charge in [-0.25, -0.2) is 0 Å². The standard InChI is InChI=1S/C17H20Cl2N2O3/c1-10(17(23)21-5-7-24-8-6-21)20-16(22)13-9-12(13)11-3-2-4-14(18)15(11)19/h2-4,10,12-13H,5-9H2,1H3,(H,20,22). The van der Waals surface area contributed by atoms with Gasteiger partial charge >= 0.3 is 0 Å². The van der Waals surface area contributed by atoms with Crippen LogP contribution in [-0.2, 0) is 14.3 Å². The third kappa shape index (κ3) is 3.68. The van der Waals surface area contributed by atoms with Gasteiger partial charge in [-0.2, -0.15) is 0 Å². The van der Waals surface area contributed by atoms with Crippen molar-refractivity contribution in [1.29, 1.82) is 0 Å². The zero-order valence-corrected chi connectivity index (χ0v) is 14.9. The number of carbonyl (C=O) groups is 2. The van der Waals surface area contributed by atoms with Gasteiger partial charge in [0.15, 0.2) is 0 Å². The SMILES string of the molecule is CC(NC(=O)C1CC1c1cccc(Cl)c1Cl)C(=O)N1CCOCC1. The van der Waals surface area contributed by atoms with E-state index in [4.69, 9.17) is 27.9 Å². The van der Waals surface area contributed by atoms with Crippen LogP contribution in [0.1, 0.15) is 24.8 Å². The number of hydrogen-bond donors (Lipinski definition) is 1. The van der Waals surface area contributed by atoms with Crippen molar-refractivity contribution in [2.75, 3.05) is 26.3 Å². The molecule has 1 heterocycles. The lowest BCUT2D eigenvalue weighted by molar-refractivity contribution is -0.139. The normalized spacial score (nSPS) is 24.4. The van der Waals surface area contributed by atoms with Gasteiger partial charge in [-0.05, 0) is 30.9 Å². The Bertz CT molecular complexity index is 647. The van der Waals surface area contributed by atoms with Crippen molar-refractivity contribution >= 4 is 35.0 Å². The Hall–Kier alpha value is -1.30. The number of ether oxygens (including phenoxy) is 1. The Morgan fingerprint density at radius 3 is 2.71 bits per heavy atom. The first kappa shape index (κ1) is 17.5. The topological polar surface area (TPSA) is 58.6 Å². The lowest BCUT2D eigenvalue weighted by Gasteiger charge is -2.29. The third-order valence-electron chi connectivity index (χ3n) is 4.56. The van der Waals surface area contributed by atoms with Crippen LogP contribution in [0.4, 0.5) is 0 Å². The number of morpholine rings is 1. The van der Waals surface area contributed by atoms with Gasteiger partial charge in [0.1, 0.15) is 6.04 Å². The van der Waals surface area contributed by atoms with Gasteiger partial charge in [-0.3, -0.25) is 9.59 Å². The maximum atomic E-state index is 12.4. The molecular weight excluding hydrogens is 351 g/mol. The van der Waals surface area contributed by atoms with Crippen LogP contribution in [-0.4, -0.2) is 49.1 Å². The molecule has 130 valence electrons. The number of benzene rings is 1. The summed E-state index contributed by atoms with van der Waals surface area (Å²) in [5.74, 6) is -0.252. The molecule has 0 aromatic heterocycles. The van der Waals surface area contributed by atoms with Crippen LogP contribution in [0, 0.1) is 5.92 Å². The molecule has 0 spiro atoms. The summed E-state index contributed by atoms with van der Waals surface area (Å²) in [5.41, 5.74) is 0.900. The van der Waals surface area contributed by atoms with Crippen molar-refractivity contribution in [3.63, 3.8) is 0 Å². The number of carbonyl (C=O) groups excluding carboxylic acids is 2. The first-order valence-corrected chi connectivity index (χ1v) is 8.85. The van der Waals surface area contributed by atoms with E-state index in [0.717, 1.165) is 12.0 Å². The van der Waals surface area contributed by atoms with Crippen LogP contribution in [0.5, 0.6) is 0 Å². The number of nitrogens with zero attached hydrogens (tertiary/aromatic N) is 1. The Balaban J connectivity index is 1.56. The van der Waals surface area contributed by atoms with Gasteiger partial charge in [0, 0.05) is 19.0 Å². The summed E-state index contributed by atoms with van der Waals surface area (Å²) in [6.07, 6.45) is 0.727. The summed E-state index contributed by atoms with van der Waals surface area (Å²) in [5, 5.41) is 3.83. The lowest BCUT2D eigenvalue weighted by atomic mass is 10.1. The Morgan fingerprint density at radius 2 is 2.00 bits per heavy atom. The first-order valence-electron chi connectivity index (χ1n) is 8.10. The molecule has 2 amide bonds. The van der Waals surface area contributed by atoms with Gasteiger partial charge in [0.2, 0.25) is 11.8 Å². The van der Waals surface area contributed by atoms with E-state index in [1.54, 1.807) is 17.9 Å². The predicted octanol–water partition coefficient (Wildman–Crippen LogP) is 2.46. The van der Waals surface area contributed by atoms with Gasteiger partial charge in [-0.1, -0.05) is 35.3 Å². The van der Waals surface area contributed by atoms with E-state index in [-0.39, 0.29) is 23.7 Å². The number of nitrogens with one attached hydrogen (secondary N) is 1. The zero-order chi connectivity index (χ0) is 17.3. The molecule has 1 aromatic rings. The predicted molar refractivity (Wildman–Crippen MR) is 92.3 cm³/mol. The van der Waals surface area contributed by atoms with Gasteiger partial charge < -0.3 is 15.0 Å². The fourth-order valence-corrected chi connectivity index (χ4v) is 3.52. The zero-order valence-electron chi connectivity index (χ0n) is 13.4. The van der Waals surface area contributed by atoms with E-state index in [2.05, 4.69) is 5.32 Å². The highest BCUT2D eigenvalue weighted by Crippen LogP contribution is 2.50. The fraction of sp³-hybridized carbons (Fsp3) is 0.529. The number of halogens is 2. The minimum atomic E-state index is -0.535. The second-order valence-electron chi connectivity index (χ2n) is 6.26. The number of hydrogen-bond acceptors (Lipinski definition) is 3. The minimum Gasteiger partial charge on any atom is -0.378 e. The molecule has 0 radical (unpaired) electrons. The van der Waals surface area contributed by atoms with Crippen LogP contribution < -0.4 is 5.32 Å². The Labute approximate surface area is 151 Å². The molecule has 2 aliphatic rings. The van der Waals surface area contributed by atoms with Crippen molar-refractivity contribution in [3.8, 4) is 0 Å². The molecule has 0 bridgehead atoms. The highest BCUT2D eigenvalue weighted by Gasteiger charge is 2.45. The van der Waals surface area contributed by atoms with E-state index in [9.17, 15) is 9.59 Å². The van der Waals surface area contributed by atoms with Crippen molar-refractivity contribution in [2.24, 2.45) is 5.92 Å². The molecule has 3 rings (SSSR count). The van der Waals surface area contributed by atoms with Crippen molar-refractivity contribution in [3.05, 3.63) is 33.8 Å². The van der Waals surface area contributed by atoms with Crippen molar-refractivity contribution < 1.29 is 14.3 Å². The third-order valence-corrected chi connectivity index (χ3v) is 5.39. The smallest absolute Gasteiger partial charge is 0.245 e. The molecule has 1 aliphatic carbocycles. The van der Waals surface area contributed by atoms with Gasteiger partial charge in [-0.15, -0.1) is 0 Å². The van der Waals surface area contributed by atoms with Crippen LogP contribution in [0.2, 0.25) is 10.0 Å². The molecule has 24 heavy (non-hydrogen) atoms. The molecule has 1 saturated carbocycles.